The molecular weight excluding hydrogens is 346 g/mol. The van der Waals surface area contributed by atoms with Crippen molar-refractivity contribution in [1.82, 2.24) is 9.78 Å². The zero-order valence-corrected chi connectivity index (χ0v) is 15.0. The first-order valence-electron chi connectivity index (χ1n) is 8.55. The van der Waals surface area contributed by atoms with Crippen molar-refractivity contribution in [2.45, 2.75) is 26.7 Å². The van der Waals surface area contributed by atoms with Crippen LogP contribution in [0.25, 0.3) is 0 Å². The molecule has 0 radical (unpaired) electrons. The smallest absolute Gasteiger partial charge is 0.302 e. The Morgan fingerprint density at radius 3 is 2.63 bits per heavy atom. The van der Waals surface area contributed by atoms with Gasteiger partial charge < -0.3 is 5.21 Å². The van der Waals surface area contributed by atoms with Crippen LogP contribution in [0.1, 0.15) is 35.0 Å². The Morgan fingerprint density at radius 1 is 1.22 bits per heavy atom. The number of hydrogen-bond acceptors (Lipinski definition) is 5. The second-order valence-corrected chi connectivity index (χ2v) is 6.12. The fraction of sp³-hybridized carbons (Fsp3) is 0.211. The Labute approximate surface area is 155 Å². The van der Waals surface area contributed by atoms with Crippen LogP contribution in [-0.2, 0) is 6.42 Å². The van der Waals surface area contributed by atoms with Crippen molar-refractivity contribution in [2.75, 3.05) is 0 Å². The number of azo groups is 1. The minimum atomic E-state index is -0.626. The molecule has 0 spiro atoms. The van der Waals surface area contributed by atoms with Crippen molar-refractivity contribution in [3.8, 4) is 0 Å². The Balaban J connectivity index is 2.00. The van der Waals surface area contributed by atoms with Gasteiger partial charge in [-0.25, -0.2) is 0 Å². The zero-order valence-electron chi connectivity index (χ0n) is 15.0. The molecule has 0 fully saturated rings. The summed E-state index contributed by atoms with van der Waals surface area (Å²) in [5.41, 5.74) is 1.82. The van der Waals surface area contributed by atoms with Crippen LogP contribution in [0.4, 0.5) is 11.4 Å². The first-order valence-corrected chi connectivity index (χ1v) is 8.55. The van der Waals surface area contributed by atoms with Crippen LogP contribution < -0.4 is 10.3 Å². The maximum absolute atomic E-state index is 12.7. The molecule has 3 aromatic rings. The quantitative estimate of drug-likeness (QED) is 0.426. The Hall–Kier alpha value is -3.55. The largest absolute Gasteiger partial charge is 0.619 e. The fourth-order valence-corrected chi connectivity index (χ4v) is 2.57. The number of carbonyl (C=O) groups excluding carboxylic acids is 1. The molecule has 0 amide bonds. The highest BCUT2D eigenvalue weighted by atomic mass is 16.5. The summed E-state index contributed by atoms with van der Waals surface area (Å²) in [5, 5.41) is 22.4. The van der Waals surface area contributed by atoms with Crippen LogP contribution in [-0.4, -0.2) is 15.7 Å². The lowest BCUT2D eigenvalue weighted by atomic mass is 10.2. The van der Waals surface area contributed by atoms with Gasteiger partial charge in [0.2, 0.25) is 0 Å². The highest BCUT2D eigenvalue weighted by Crippen LogP contribution is 2.20. The minimum Gasteiger partial charge on any atom is -0.619 e. The van der Waals surface area contributed by atoms with E-state index >= 15 is 0 Å². The molecule has 0 bridgehead atoms. The molecule has 3 rings (SSSR count). The van der Waals surface area contributed by atoms with Gasteiger partial charge in [-0.2, -0.15) is 14.5 Å². The topological polar surface area (TPSA) is 107 Å². The van der Waals surface area contributed by atoms with Gasteiger partial charge in [-0.3, -0.25) is 14.7 Å². The molecule has 138 valence electrons. The van der Waals surface area contributed by atoms with Gasteiger partial charge in [-0.05, 0) is 31.5 Å². The van der Waals surface area contributed by atoms with E-state index in [1.165, 1.54) is 18.3 Å². The van der Waals surface area contributed by atoms with Gasteiger partial charge in [-0.1, -0.05) is 31.0 Å². The lowest BCUT2D eigenvalue weighted by Gasteiger charge is -2.01. The SMILES string of the molecule is CCCc1[nH]n(C(=O)c2ccc[n+]([O-])c2)c(=O)c1N=Nc1ccc(C)cc1. The summed E-state index contributed by atoms with van der Waals surface area (Å²) in [6.07, 6.45) is 3.67. The molecule has 0 saturated carbocycles. The fourth-order valence-electron chi connectivity index (χ4n) is 2.57. The zero-order chi connectivity index (χ0) is 19.4. The molecule has 2 heterocycles. The van der Waals surface area contributed by atoms with Gasteiger partial charge in [0, 0.05) is 6.07 Å². The van der Waals surface area contributed by atoms with Gasteiger partial charge in [0.1, 0.15) is 5.56 Å². The standard InChI is InChI=1S/C19H19N5O3/c1-3-5-16-17(21-20-15-9-7-13(2)8-10-15)19(26)24(22-16)18(25)14-6-4-11-23(27)12-14/h4,6-12,22H,3,5H2,1-2H3. The molecule has 0 aliphatic heterocycles. The lowest BCUT2D eigenvalue weighted by Crippen LogP contribution is -2.30. The maximum atomic E-state index is 12.7. The summed E-state index contributed by atoms with van der Waals surface area (Å²) in [6, 6.07) is 10.3. The van der Waals surface area contributed by atoms with Crippen LogP contribution in [0.2, 0.25) is 0 Å². The number of carbonyl (C=O) groups is 1. The van der Waals surface area contributed by atoms with Gasteiger partial charge >= 0.3 is 5.56 Å². The average molecular weight is 365 g/mol. The van der Waals surface area contributed by atoms with Gasteiger partial charge in [-0.15, -0.1) is 5.11 Å². The van der Waals surface area contributed by atoms with E-state index in [4.69, 9.17) is 0 Å². The van der Waals surface area contributed by atoms with E-state index in [0.29, 0.717) is 22.5 Å². The molecule has 8 nitrogen and oxygen atoms in total. The number of benzene rings is 1. The van der Waals surface area contributed by atoms with Crippen LogP contribution >= 0.6 is 0 Å². The van der Waals surface area contributed by atoms with Crippen molar-refractivity contribution in [3.05, 3.63) is 81.2 Å². The van der Waals surface area contributed by atoms with Gasteiger partial charge in [0.15, 0.2) is 18.1 Å². The van der Waals surface area contributed by atoms with Crippen LogP contribution in [0.15, 0.2) is 63.8 Å². The van der Waals surface area contributed by atoms with Gasteiger partial charge in [0.05, 0.1) is 11.4 Å². The third kappa shape index (κ3) is 4.00. The molecule has 8 heteroatoms. The van der Waals surface area contributed by atoms with E-state index in [2.05, 4.69) is 15.3 Å². The summed E-state index contributed by atoms with van der Waals surface area (Å²) >= 11 is 0. The molecule has 27 heavy (non-hydrogen) atoms. The number of nitrogens with one attached hydrogen (secondary N) is 1. The van der Waals surface area contributed by atoms with Gasteiger partial charge in [0.25, 0.3) is 5.91 Å². The predicted molar refractivity (Wildman–Crippen MR) is 99.5 cm³/mol. The van der Waals surface area contributed by atoms with Crippen LogP contribution in [0.3, 0.4) is 0 Å². The molecular formula is C19H19N5O3. The minimum absolute atomic E-state index is 0.0942. The number of aromatic amines is 1. The van der Waals surface area contributed by atoms with E-state index in [1.54, 1.807) is 12.1 Å². The molecule has 0 aliphatic carbocycles. The lowest BCUT2D eigenvalue weighted by molar-refractivity contribution is -0.605. The first kappa shape index (κ1) is 18.2. The summed E-state index contributed by atoms with van der Waals surface area (Å²) < 4.78 is 1.37. The maximum Gasteiger partial charge on any atom is 0.302 e. The Kier molecular flexibility index (Phi) is 5.25. The Morgan fingerprint density at radius 2 is 1.96 bits per heavy atom. The number of hydrogen-bond donors (Lipinski definition) is 1. The van der Waals surface area contributed by atoms with Crippen molar-refractivity contribution in [2.24, 2.45) is 10.2 Å². The van der Waals surface area contributed by atoms with E-state index in [1.807, 2.05) is 26.0 Å². The van der Waals surface area contributed by atoms with E-state index < -0.39 is 11.5 Å². The monoisotopic (exact) mass is 365 g/mol. The third-order valence-electron chi connectivity index (χ3n) is 3.96. The number of nitrogens with zero attached hydrogens (tertiary/aromatic N) is 4. The number of rotatable bonds is 5. The summed E-state index contributed by atoms with van der Waals surface area (Å²) in [7, 11) is 0. The summed E-state index contributed by atoms with van der Waals surface area (Å²) in [5.74, 6) is -0.626. The normalized spacial score (nSPS) is 11.2. The number of aryl methyl sites for hydroxylation is 2. The number of aromatic nitrogens is 3. The molecule has 2 aromatic heterocycles. The van der Waals surface area contributed by atoms with E-state index in [0.717, 1.165) is 22.9 Å². The van der Waals surface area contributed by atoms with E-state index in [9.17, 15) is 14.8 Å². The Bertz CT molecular complexity index is 1050. The average Bonchev–Trinajstić information content (AvgIpc) is 2.96. The second kappa shape index (κ2) is 7.77. The summed E-state index contributed by atoms with van der Waals surface area (Å²) in [6.45, 7) is 3.92. The molecule has 1 aromatic carbocycles. The van der Waals surface area contributed by atoms with E-state index in [-0.39, 0.29) is 11.3 Å². The number of pyridine rings is 1. The molecule has 0 atom stereocenters. The predicted octanol–water partition coefficient (Wildman–Crippen LogP) is 3.17. The van der Waals surface area contributed by atoms with Crippen LogP contribution in [0.5, 0.6) is 0 Å². The molecule has 0 unspecified atom stereocenters. The van der Waals surface area contributed by atoms with Crippen molar-refractivity contribution in [1.29, 1.82) is 0 Å². The third-order valence-corrected chi connectivity index (χ3v) is 3.96. The summed E-state index contributed by atoms with van der Waals surface area (Å²) in [4.78, 5) is 25.3. The highest BCUT2D eigenvalue weighted by molar-refractivity contribution is 5.95. The molecule has 1 N–H and O–H groups in total. The van der Waals surface area contributed by atoms with Crippen molar-refractivity contribution < 1.29 is 9.52 Å². The second-order valence-electron chi connectivity index (χ2n) is 6.12. The van der Waals surface area contributed by atoms with Crippen molar-refractivity contribution >= 4 is 17.3 Å². The molecule has 0 aliphatic rings. The first-order chi connectivity index (χ1) is 13.0. The molecule has 0 saturated heterocycles. The van der Waals surface area contributed by atoms with Crippen LogP contribution in [0, 0.1) is 12.1 Å². The highest BCUT2D eigenvalue weighted by Gasteiger charge is 2.20. The van der Waals surface area contributed by atoms with Crippen molar-refractivity contribution in [3.63, 3.8) is 0 Å². The number of H-pyrrole nitrogens is 1.